The summed E-state index contributed by atoms with van der Waals surface area (Å²) in [6, 6.07) is 8.42. The van der Waals surface area contributed by atoms with E-state index in [1.807, 2.05) is 6.92 Å². The minimum Gasteiger partial charge on any atom is -0.392 e. The van der Waals surface area contributed by atoms with E-state index in [1.54, 1.807) is 11.0 Å². The van der Waals surface area contributed by atoms with Crippen molar-refractivity contribution in [3.8, 4) is 0 Å². The van der Waals surface area contributed by atoms with Crippen molar-refractivity contribution in [2.75, 3.05) is 44.6 Å². The molecule has 2 aliphatic rings. The summed E-state index contributed by atoms with van der Waals surface area (Å²) in [7, 11) is 0. The molecule has 0 unspecified atom stereocenters. The topological polar surface area (TPSA) is 90.7 Å². The van der Waals surface area contributed by atoms with Crippen LogP contribution >= 0.6 is 11.8 Å². The average molecular weight is 444 g/mol. The molecule has 2 saturated heterocycles. The predicted octanol–water partition coefficient (Wildman–Crippen LogP) is 2.13. The first-order chi connectivity index (χ1) is 15.0. The standard InChI is InChI=1S/C23H33N5O2S/c1-3-12-25-21(29)20(24)23-28(4-2)22(30)19(31-23)16-26-18-9-7-17(8-10-18)11-15-27-13-5-6-14-27/h3,7-10,19,26H,1,4-6,11-16,24H2,2H3,(H,25,29)/b23-20+/t19-/m1/s1. The lowest BCUT2D eigenvalue weighted by Crippen LogP contribution is -2.35. The fourth-order valence-electron chi connectivity index (χ4n) is 3.81. The Morgan fingerprint density at radius 1 is 1.29 bits per heavy atom. The lowest BCUT2D eigenvalue weighted by Gasteiger charge is -2.16. The third-order valence-electron chi connectivity index (χ3n) is 5.60. The van der Waals surface area contributed by atoms with Gasteiger partial charge < -0.3 is 26.2 Å². The van der Waals surface area contributed by atoms with Crippen molar-refractivity contribution >= 4 is 29.3 Å². The second-order valence-corrected chi connectivity index (χ2v) is 8.97. The van der Waals surface area contributed by atoms with Crippen molar-refractivity contribution in [1.29, 1.82) is 0 Å². The van der Waals surface area contributed by atoms with E-state index in [9.17, 15) is 9.59 Å². The van der Waals surface area contributed by atoms with Gasteiger partial charge in [-0.2, -0.15) is 0 Å². The Bertz CT molecular complexity index is 818. The van der Waals surface area contributed by atoms with Gasteiger partial charge in [-0.25, -0.2) is 0 Å². The zero-order valence-electron chi connectivity index (χ0n) is 18.2. The Morgan fingerprint density at radius 3 is 2.65 bits per heavy atom. The van der Waals surface area contributed by atoms with E-state index in [2.05, 4.69) is 46.4 Å². The van der Waals surface area contributed by atoms with Gasteiger partial charge >= 0.3 is 0 Å². The molecule has 0 saturated carbocycles. The Labute approximate surface area is 189 Å². The Morgan fingerprint density at radius 2 is 2.00 bits per heavy atom. The number of thioether (sulfide) groups is 1. The zero-order chi connectivity index (χ0) is 22.2. The number of nitrogens with two attached hydrogens (primary N) is 1. The number of amides is 2. The monoisotopic (exact) mass is 443 g/mol. The molecule has 2 aliphatic heterocycles. The fourth-order valence-corrected chi connectivity index (χ4v) is 5.04. The third kappa shape index (κ3) is 6.04. The number of nitrogens with zero attached hydrogens (tertiary/aromatic N) is 2. The second kappa shape index (κ2) is 11.2. The van der Waals surface area contributed by atoms with Gasteiger partial charge in [-0.05, 0) is 57.0 Å². The maximum atomic E-state index is 12.8. The van der Waals surface area contributed by atoms with Gasteiger partial charge in [-0.1, -0.05) is 30.0 Å². The fraction of sp³-hybridized carbons (Fsp3) is 0.478. The predicted molar refractivity (Wildman–Crippen MR) is 127 cm³/mol. The van der Waals surface area contributed by atoms with Crippen molar-refractivity contribution in [3.05, 3.63) is 53.2 Å². The summed E-state index contributed by atoms with van der Waals surface area (Å²) in [6.07, 6.45) is 5.28. The summed E-state index contributed by atoms with van der Waals surface area (Å²) in [5.41, 5.74) is 8.43. The lowest BCUT2D eigenvalue weighted by molar-refractivity contribution is -0.127. The van der Waals surface area contributed by atoms with Crippen molar-refractivity contribution < 1.29 is 9.59 Å². The number of hydrogen-bond donors (Lipinski definition) is 3. The van der Waals surface area contributed by atoms with Crippen LogP contribution < -0.4 is 16.4 Å². The normalized spacial score (nSPS) is 20.7. The van der Waals surface area contributed by atoms with Gasteiger partial charge in [0.2, 0.25) is 5.91 Å². The van der Waals surface area contributed by atoms with Gasteiger partial charge in [0.15, 0.2) is 0 Å². The Hall–Kier alpha value is -2.45. The molecule has 0 radical (unpaired) electrons. The molecule has 2 fully saturated rings. The van der Waals surface area contributed by atoms with E-state index in [-0.39, 0.29) is 22.8 Å². The molecule has 3 rings (SSSR count). The van der Waals surface area contributed by atoms with Crippen LogP contribution in [0.3, 0.4) is 0 Å². The number of carbonyl (C=O) groups excluding carboxylic acids is 2. The summed E-state index contributed by atoms with van der Waals surface area (Å²) in [5, 5.41) is 6.22. The van der Waals surface area contributed by atoms with Crippen molar-refractivity contribution in [1.82, 2.24) is 15.1 Å². The maximum absolute atomic E-state index is 12.8. The van der Waals surface area contributed by atoms with Crippen molar-refractivity contribution in [2.24, 2.45) is 5.73 Å². The summed E-state index contributed by atoms with van der Waals surface area (Å²) < 4.78 is 0. The highest BCUT2D eigenvalue weighted by molar-refractivity contribution is 8.04. The summed E-state index contributed by atoms with van der Waals surface area (Å²) in [4.78, 5) is 29.1. The molecule has 168 valence electrons. The molecule has 1 aromatic carbocycles. The van der Waals surface area contributed by atoms with E-state index in [0.29, 0.717) is 24.7 Å². The molecule has 1 atom stereocenters. The van der Waals surface area contributed by atoms with Gasteiger partial charge in [0.25, 0.3) is 5.91 Å². The van der Waals surface area contributed by atoms with Gasteiger partial charge in [-0.3, -0.25) is 9.59 Å². The zero-order valence-corrected chi connectivity index (χ0v) is 19.0. The van der Waals surface area contributed by atoms with E-state index in [4.69, 9.17) is 5.73 Å². The largest absolute Gasteiger partial charge is 0.392 e. The second-order valence-electron chi connectivity index (χ2n) is 7.78. The third-order valence-corrected chi connectivity index (χ3v) is 6.92. The molecule has 0 aromatic heterocycles. The minimum absolute atomic E-state index is 0.0308. The van der Waals surface area contributed by atoms with E-state index in [0.717, 1.165) is 18.7 Å². The molecule has 1 aromatic rings. The van der Waals surface area contributed by atoms with Crippen molar-refractivity contribution in [3.63, 3.8) is 0 Å². The number of benzene rings is 1. The number of likely N-dealkylation sites (tertiary alicyclic amines) is 1. The molecule has 0 bridgehead atoms. The molecule has 0 spiro atoms. The summed E-state index contributed by atoms with van der Waals surface area (Å²) in [5.74, 6) is -0.413. The number of rotatable bonds is 10. The van der Waals surface area contributed by atoms with Crippen LogP contribution in [0.15, 0.2) is 47.6 Å². The van der Waals surface area contributed by atoms with Crippen LogP contribution in [0, 0.1) is 0 Å². The van der Waals surface area contributed by atoms with Crippen LogP contribution in [0.5, 0.6) is 0 Å². The lowest BCUT2D eigenvalue weighted by atomic mass is 10.1. The van der Waals surface area contributed by atoms with Crippen LogP contribution in [-0.2, 0) is 16.0 Å². The summed E-state index contributed by atoms with van der Waals surface area (Å²) >= 11 is 1.34. The van der Waals surface area contributed by atoms with Gasteiger partial charge in [-0.15, -0.1) is 6.58 Å². The first-order valence-corrected chi connectivity index (χ1v) is 11.8. The molecule has 31 heavy (non-hydrogen) atoms. The smallest absolute Gasteiger partial charge is 0.270 e. The molecule has 7 nitrogen and oxygen atoms in total. The van der Waals surface area contributed by atoms with Gasteiger partial charge in [0.05, 0.1) is 0 Å². The summed E-state index contributed by atoms with van der Waals surface area (Å²) in [6.45, 7) is 10.3. The first kappa shape index (κ1) is 23.2. The highest BCUT2D eigenvalue weighted by atomic mass is 32.2. The molecule has 2 amide bonds. The highest BCUT2D eigenvalue weighted by Crippen LogP contribution is 2.36. The van der Waals surface area contributed by atoms with Gasteiger partial charge in [0.1, 0.15) is 16.0 Å². The molecular weight excluding hydrogens is 410 g/mol. The molecule has 0 aliphatic carbocycles. The van der Waals surface area contributed by atoms with E-state index >= 15 is 0 Å². The van der Waals surface area contributed by atoms with Gasteiger partial charge in [0, 0.05) is 31.9 Å². The number of anilines is 1. The van der Waals surface area contributed by atoms with Crippen LogP contribution in [0.4, 0.5) is 5.69 Å². The van der Waals surface area contributed by atoms with E-state index in [1.165, 1.54) is 43.3 Å². The first-order valence-electron chi connectivity index (χ1n) is 11.0. The van der Waals surface area contributed by atoms with Crippen LogP contribution in [0.2, 0.25) is 0 Å². The van der Waals surface area contributed by atoms with Crippen LogP contribution in [0.25, 0.3) is 0 Å². The number of carbonyl (C=O) groups is 2. The van der Waals surface area contributed by atoms with Crippen molar-refractivity contribution in [2.45, 2.75) is 31.4 Å². The molecule has 4 N–H and O–H groups in total. The Kier molecular flexibility index (Phi) is 8.43. The van der Waals surface area contributed by atoms with Crippen LogP contribution in [-0.4, -0.2) is 66.1 Å². The quantitative estimate of drug-likeness (QED) is 0.379. The molecule has 8 heteroatoms. The molecular formula is C23H33N5O2S. The maximum Gasteiger partial charge on any atom is 0.270 e. The Balaban J connectivity index is 1.55. The average Bonchev–Trinajstić information content (AvgIpc) is 3.42. The number of nitrogens with one attached hydrogen (secondary N) is 2. The number of hydrogen-bond acceptors (Lipinski definition) is 6. The highest BCUT2D eigenvalue weighted by Gasteiger charge is 2.38. The minimum atomic E-state index is -0.383. The molecule has 2 heterocycles. The van der Waals surface area contributed by atoms with Crippen LogP contribution in [0.1, 0.15) is 25.3 Å². The SMILES string of the molecule is C=CCNC(=O)/C(N)=C1\S[C@H](CNc2ccc(CCN3CCCC3)cc2)C(=O)N1CC. The van der Waals surface area contributed by atoms with E-state index < -0.39 is 0 Å².